The second-order valence-electron chi connectivity index (χ2n) is 6.48. The fourth-order valence-corrected chi connectivity index (χ4v) is 3.58. The number of benzene rings is 1. The van der Waals surface area contributed by atoms with Gasteiger partial charge in [0, 0.05) is 18.9 Å². The van der Waals surface area contributed by atoms with Gasteiger partial charge in [0.2, 0.25) is 12.0 Å². The zero-order chi connectivity index (χ0) is 19.8. The second-order valence-corrected chi connectivity index (χ2v) is 7.26. The highest BCUT2D eigenvalue weighted by atomic mass is 32.1. The lowest BCUT2D eigenvalue weighted by Crippen LogP contribution is -2.28. The number of carbonyl (C=O) groups is 1. The van der Waals surface area contributed by atoms with Crippen LogP contribution in [0.25, 0.3) is 0 Å². The van der Waals surface area contributed by atoms with Crippen molar-refractivity contribution in [2.24, 2.45) is 0 Å². The molecule has 3 rings (SSSR count). The molecule has 0 radical (unpaired) electrons. The van der Waals surface area contributed by atoms with E-state index in [-0.39, 0.29) is 30.7 Å². The van der Waals surface area contributed by atoms with Gasteiger partial charge < -0.3 is 19.3 Å². The average molecular weight is 406 g/mol. The van der Waals surface area contributed by atoms with Crippen LogP contribution in [-0.2, 0) is 25.6 Å². The topological polar surface area (TPSA) is 65.0 Å². The Hall–Kier alpha value is -2.22. The summed E-state index contributed by atoms with van der Waals surface area (Å²) in [7, 11) is 0. The lowest BCUT2D eigenvalue weighted by Gasteiger charge is -2.28. The fraction of sp³-hybridized carbons (Fsp3) is 0.381. The van der Waals surface area contributed by atoms with Crippen molar-refractivity contribution in [1.29, 1.82) is 0 Å². The molecular formula is C21H23FO5S. The molecule has 5 nitrogen and oxygen atoms in total. The standard InChI is InChI=1S/C21H23FO5S/c22-18-5-3-15(4-6-18)13-26-21(24)19-11-17(16-7-10-28-14-16)12-20(27-19)25-9-2-1-8-23/h3-7,10-11,14,17,20,23H,1-2,8-9,12-13H2/t17-,20+/m1/s1. The van der Waals surface area contributed by atoms with Crippen LogP contribution in [0.15, 0.2) is 52.9 Å². The van der Waals surface area contributed by atoms with Crippen molar-refractivity contribution < 1.29 is 28.5 Å². The number of ether oxygens (including phenoxy) is 3. The van der Waals surface area contributed by atoms with Crippen molar-refractivity contribution in [3.05, 3.63) is 69.9 Å². The number of aliphatic hydroxyl groups is 1. The van der Waals surface area contributed by atoms with Crippen LogP contribution in [0.5, 0.6) is 0 Å². The van der Waals surface area contributed by atoms with E-state index in [1.165, 1.54) is 12.1 Å². The van der Waals surface area contributed by atoms with E-state index >= 15 is 0 Å². The van der Waals surface area contributed by atoms with Crippen LogP contribution in [0.1, 0.15) is 36.3 Å². The van der Waals surface area contributed by atoms with Gasteiger partial charge in [-0.25, -0.2) is 9.18 Å². The maximum absolute atomic E-state index is 13.0. The first-order chi connectivity index (χ1) is 13.7. The van der Waals surface area contributed by atoms with Gasteiger partial charge in [0.05, 0.1) is 6.61 Å². The Morgan fingerprint density at radius 1 is 1.25 bits per heavy atom. The van der Waals surface area contributed by atoms with E-state index in [2.05, 4.69) is 0 Å². The van der Waals surface area contributed by atoms with Crippen molar-refractivity contribution in [3.63, 3.8) is 0 Å². The molecule has 0 saturated heterocycles. The third kappa shape index (κ3) is 5.89. The molecule has 2 atom stereocenters. The van der Waals surface area contributed by atoms with Crippen LogP contribution in [0.3, 0.4) is 0 Å². The SMILES string of the molecule is O=C(OCc1ccc(F)cc1)C1=C[C@@H](c2ccsc2)C[C@@H](OCCCCO)O1. The summed E-state index contributed by atoms with van der Waals surface area (Å²) in [5.41, 5.74) is 1.79. The predicted molar refractivity (Wildman–Crippen MR) is 103 cm³/mol. The molecule has 2 heterocycles. The molecule has 1 aromatic heterocycles. The number of halogens is 1. The van der Waals surface area contributed by atoms with Gasteiger partial charge in [-0.05, 0) is 59.0 Å². The number of unbranched alkanes of at least 4 members (excludes halogenated alkanes) is 1. The van der Waals surface area contributed by atoms with E-state index in [0.29, 0.717) is 31.4 Å². The van der Waals surface area contributed by atoms with Gasteiger partial charge >= 0.3 is 5.97 Å². The van der Waals surface area contributed by atoms with Crippen LogP contribution in [-0.4, -0.2) is 30.6 Å². The van der Waals surface area contributed by atoms with Crippen molar-refractivity contribution >= 4 is 17.3 Å². The first-order valence-corrected chi connectivity index (χ1v) is 10.1. The fourth-order valence-electron chi connectivity index (χ4n) is 2.85. The minimum Gasteiger partial charge on any atom is -0.458 e. The van der Waals surface area contributed by atoms with Gasteiger partial charge in [-0.2, -0.15) is 11.3 Å². The number of carbonyl (C=O) groups excluding carboxylic acids is 1. The molecule has 7 heteroatoms. The molecule has 1 aliphatic rings. The van der Waals surface area contributed by atoms with E-state index in [1.54, 1.807) is 29.5 Å². The van der Waals surface area contributed by atoms with E-state index in [0.717, 1.165) is 5.56 Å². The van der Waals surface area contributed by atoms with Crippen LogP contribution in [0, 0.1) is 5.82 Å². The molecule has 0 saturated carbocycles. The maximum Gasteiger partial charge on any atom is 0.373 e. The van der Waals surface area contributed by atoms with Gasteiger partial charge in [0.15, 0.2) is 0 Å². The molecule has 150 valence electrons. The minimum absolute atomic E-state index is 0.00351. The molecule has 0 unspecified atom stereocenters. The molecule has 0 spiro atoms. The Morgan fingerprint density at radius 3 is 2.79 bits per heavy atom. The summed E-state index contributed by atoms with van der Waals surface area (Å²) in [5.74, 6) is -0.797. The van der Waals surface area contributed by atoms with Crippen LogP contribution in [0.4, 0.5) is 4.39 Å². The minimum atomic E-state index is -0.576. The van der Waals surface area contributed by atoms with Crippen LogP contribution in [0.2, 0.25) is 0 Å². The lowest BCUT2D eigenvalue weighted by atomic mass is 9.95. The van der Waals surface area contributed by atoms with Gasteiger partial charge in [0.25, 0.3) is 0 Å². The highest BCUT2D eigenvalue weighted by Gasteiger charge is 2.29. The predicted octanol–water partition coefficient (Wildman–Crippen LogP) is 4.13. The van der Waals surface area contributed by atoms with Gasteiger partial charge in [-0.15, -0.1) is 0 Å². The highest BCUT2D eigenvalue weighted by Crippen LogP contribution is 2.33. The Balaban J connectivity index is 1.63. The second kappa shape index (κ2) is 10.4. The van der Waals surface area contributed by atoms with E-state index in [4.69, 9.17) is 19.3 Å². The highest BCUT2D eigenvalue weighted by molar-refractivity contribution is 7.08. The summed E-state index contributed by atoms with van der Waals surface area (Å²) in [6.45, 7) is 0.595. The third-order valence-electron chi connectivity index (χ3n) is 4.37. The molecule has 2 aromatic rings. The summed E-state index contributed by atoms with van der Waals surface area (Å²) in [5, 5.41) is 12.9. The Bertz CT molecular complexity index is 773. The van der Waals surface area contributed by atoms with E-state index < -0.39 is 12.3 Å². The summed E-state index contributed by atoms with van der Waals surface area (Å²) < 4.78 is 29.8. The molecule has 1 aromatic carbocycles. The molecule has 28 heavy (non-hydrogen) atoms. The molecule has 1 N–H and O–H groups in total. The Kier molecular flexibility index (Phi) is 7.59. The quantitative estimate of drug-likeness (QED) is 0.501. The molecule has 0 fully saturated rings. The van der Waals surface area contributed by atoms with Crippen molar-refractivity contribution in [2.45, 2.75) is 38.1 Å². The smallest absolute Gasteiger partial charge is 0.373 e. The summed E-state index contributed by atoms with van der Waals surface area (Å²) in [6.07, 6.45) is 3.19. The van der Waals surface area contributed by atoms with Gasteiger partial charge in [0.1, 0.15) is 12.4 Å². The van der Waals surface area contributed by atoms with Crippen LogP contribution < -0.4 is 0 Å². The molecule has 0 aliphatic carbocycles. The van der Waals surface area contributed by atoms with Gasteiger partial charge in [-0.1, -0.05) is 12.1 Å². The first kappa shape index (κ1) is 20.5. The number of hydrogen-bond donors (Lipinski definition) is 1. The molecule has 0 bridgehead atoms. The zero-order valence-corrected chi connectivity index (χ0v) is 16.2. The van der Waals surface area contributed by atoms with Crippen molar-refractivity contribution in [3.8, 4) is 0 Å². The number of allylic oxidation sites excluding steroid dienone is 1. The van der Waals surface area contributed by atoms with E-state index in [1.807, 2.05) is 16.8 Å². The Labute approximate surface area is 167 Å². The van der Waals surface area contributed by atoms with Crippen LogP contribution >= 0.6 is 11.3 Å². The third-order valence-corrected chi connectivity index (χ3v) is 5.07. The monoisotopic (exact) mass is 406 g/mol. The average Bonchev–Trinajstić information content (AvgIpc) is 3.25. The largest absolute Gasteiger partial charge is 0.458 e. The number of thiophene rings is 1. The Morgan fingerprint density at radius 2 is 2.07 bits per heavy atom. The summed E-state index contributed by atoms with van der Waals surface area (Å²) in [4.78, 5) is 12.5. The molecule has 0 amide bonds. The normalized spacial score (nSPS) is 19.0. The summed E-state index contributed by atoms with van der Waals surface area (Å²) >= 11 is 1.59. The van der Waals surface area contributed by atoms with Crippen molar-refractivity contribution in [2.75, 3.05) is 13.2 Å². The molecule has 1 aliphatic heterocycles. The zero-order valence-electron chi connectivity index (χ0n) is 15.4. The maximum atomic E-state index is 13.0. The first-order valence-electron chi connectivity index (χ1n) is 9.20. The number of hydrogen-bond acceptors (Lipinski definition) is 6. The van der Waals surface area contributed by atoms with E-state index in [9.17, 15) is 9.18 Å². The molecular weight excluding hydrogens is 383 g/mol. The lowest BCUT2D eigenvalue weighted by molar-refractivity contribution is -0.162. The number of rotatable bonds is 9. The van der Waals surface area contributed by atoms with Crippen molar-refractivity contribution in [1.82, 2.24) is 0 Å². The summed E-state index contributed by atoms with van der Waals surface area (Å²) in [6, 6.07) is 7.80. The van der Waals surface area contributed by atoms with Gasteiger partial charge in [-0.3, -0.25) is 0 Å². The number of aliphatic hydroxyl groups excluding tert-OH is 1. The number of esters is 1.